The highest BCUT2D eigenvalue weighted by Gasteiger charge is 2.16. The summed E-state index contributed by atoms with van der Waals surface area (Å²) in [6.07, 6.45) is 3.25. The molecule has 152 valence electrons. The van der Waals surface area contributed by atoms with Crippen molar-refractivity contribution in [1.29, 1.82) is 0 Å². The Kier molecular flexibility index (Phi) is 6.05. The van der Waals surface area contributed by atoms with Crippen LogP contribution in [0.1, 0.15) is 31.4 Å². The van der Waals surface area contributed by atoms with E-state index in [2.05, 4.69) is 17.2 Å². The van der Waals surface area contributed by atoms with E-state index in [0.717, 1.165) is 28.8 Å². The smallest absolute Gasteiger partial charge is 0.262 e. The van der Waals surface area contributed by atoms with Crippen molar-refractivity contribution in [3.8, 4) is 10.4 Å². The predicted octanol–water partition coefficient (Wildman–Crippen LogP) is 4.78. The molecule has 2 aromatic heterocycles. The molecule has 6 heteroatoms. The maximum Gasteiger partial charge on any atom is 0.262 e. The fourth-order valence-corrected chi connectivity index (χ4v) is 4.50. The molecule has 0 radical (unpaired) electrons. The number of thiophene rings is 1. The number of nitrogens with one attached hydrogen (secondary N) is 1. The number of fused-ring (bicyclic) bond motifs is 1. The van der Waals surface area contributed by atoms with Gasteiger partial charge in [-0.3, -0.25) is 14.2 Å². The Morgan fingerprint density at radius 1 is 1.10 bits per heavy atom. The first-order chi connectivity index (χ1) is 14.7. The summed E-state index contributed by atoms with van der Waals surface area (Å²) in [5, 5.41) is 3.61. The molecule has 4 aromatic rings. The molecule has 0 aliphatic heterocycles. The number of carbonyl (C=O) groups is 1. The van der Waals surface area contributed by atoms with Crippen LogP contribution < -0.4 is 10.9 Å². The molecule has 0 bridgehead atoms. The summed E-state index contributed by atoms with van der Waals surface area (Å²) >= 11 is 1.48. The summed E-state index contributed by atoms with van der Waals surface area (Å²) in [5.41, 5.74) is 1.92. The molecule has 4 rings (SSSR count). The van der Waals surface area contributed by atoms with Crippen LogP contribution in [0.5, 0.6) is 0 Å². The first-order valence-corrected chi connectivity index (χ1v) is 10.9. The molecule has 2 heterocycles. The van der Waals surface area contributed by atoms with Gasteiger partial charge < -0.3 is 5.32 Å². The molecule has 1 N–H and O–H groups in total. The van der Waals surface area contributed by atoms with Crippen LogP contribution in [0.4, 0.5) is 0 Å². The molecule has 1 amide bonds. The third kappa shape index (κ3) is 4.33. The van der Waals surface area contributed by atoms with Crippen LogP contribution in [0.2, 0.25) is 0 Å². The van der Waals surface area contributed by atoms with Gasteiger partial charge in [0.15, 0.2) is 0 Å². The number of benzene rings is 2. The van der Waals surface area contributed by atoms with Crippen molar-refractivity contribution in [3.05, 3.63) is 89.0 Å². The van der Waals surface area contributed by atoms with Crippen molar-refractivity contribution in [2.24, 2.45) is 0 Å². The van der Waals surface area contributed by atoms with E-state index in [0.29, 0.717) is 10.2 Å². The van der Waals surface area contributed by atoms with Gasteiger partial charge in [0.2, 0.25) is 5.91 Å². The Balaban J connectivity index is 1.55. The normalized spacial score (nSPS) is 12.0. The number of hydrogen-bond donors (Lipinski definition) is 1. The van der Waals surface area contributed by atoms with Crippen molar-refractivity contribution in [2.75, 3.05) is 0 Å². The Bertz CT molecular complexity index is 1200. The standard InChI is InChI=1S/C24H23N3O2S/c1-2-9-20(17-10-5-3-6-11-17)26-22(28)15-27-16-25-23-19(24(27)29)14-21(30-23)18-12-7-4-8-13-18/h3-8,10-14,16,20H,2,9,15H2,1H3,(H,26,28). The van der Waals surface area contributed by atoms with Crippen LogP contribution in [0, 0.1) is 0 Å². The van der Waals surface area contributed by atoms with Gasteiger partial charge in [-0.15, -0.1) is 11.3 Å². The van der Waals surface area contributed by atoms with Crippen molar-refractivity contribution >= 4 is 27.5 Å². The molecule has 2 aromatic carbocycles. The van der Waals surface area contributed by atoms with Crippen molar-refractivity contribution in [3.63, 3.8) is 0 Å². The topological polar surface area (TPSA) is 64.0 Å². The van der Waals surface area contributed by atoms with Gasteiger partial charge >= 0.3 is 0 Å². The van der Waals surface area contributed by atoms with Crippen LogP contribution in [-0.4, -0.2) is 15.5 Å². The minimum Gasteiger partial charge on any atom is -0.348 e. The molecular weight excluding hydrogens is 394 g/mol. The van der Waals surface area contributed by atoms with Gasteiger partial charge in [0.25, 0.3) is 5.56 Å². The second-order valence-corrected chi connectivity index (χ2v) is 8.22. The van der Waals surface area contributed by atoms with Crippen LogP contribution in [0.25, 0.3) is 20.7 Å². The second kappa shape index (κ2) is 9.05. The summed E-state index contributed by atoms with van der Waals surface area (Å²) in [6, 6.07) is 21.6. The third-order valence-corrected chi connectivity index (χ3v) is 6.10. The Hall–Kier alpha value is -3.25. The zero-order valence-electron chi connectivity index (χ0n) is 16.7. The monoisotopic (exact) mass is 417 g/mol. The highest BCUT2D eigenvalue weighted by molar-refractivity contribution is 7.21. The Morgan fingerprint density at radius 2 is 1.80 bits per heavy atom. The fourth-order valence-electron chi connectivity index (χ4n) is 3.51. The van der Waals surface area contributed by atoms with E-state index in [4.69, 9.17) is 0 Å². The van der Waals surface area contributed by atoms with Gasteiger partial charge in [-0.25, -0.2) is 4.98 Å². The lowest BCUT2D eigenvalue weighted by atomic mass is 10.0. The van der Waals surface area contributed by atoms with Gasteiger partial charge in [-0.05, 0) is 23.6 Å². The van der Waals surface area contributed by atoms with Crippen molar-refractivity contribution in [2.45, 2.75) is 32.4 Å². The Morgan fingerprint density at radius 3 is 2.50 bits per heavy atom. The van der Waals surface area contributed by atoms with E-state index in [1.165, 1.54) is 22.2 Å². The second-order valence-electron chi connectivity index (χ2n) is 7.19. The summed E-state index contributed by atoms with van der Waals surface area (Å²) in [6.45, 7) is 2.04. The molecule has 30 heavy (non-hydrogen) atoms. The van der Waals surface area contributed by atoms with Crippen LogP contribution in [0.15, 0.2) is 77.9 Å². The summed E-state index contributed by atoms with van der Waals surface area (Å²) in [5.74, 6) is -0.195. The zero-order chi connectivity index (χ0) is 20.9. The number of aromatic nitrogens is 2. The molecule has 0 fully saturated rings. The molecule has 0 aliphatic rings. The van der Waals surface area contributed by atoms with E-state index in [9.17, 15) is 9.59 Å². The van der Waals surface area contributed by atoms with E-state index in [-0.39, 0.29) is 24.1 Å². The van der Waals surface area contributed by atoms with E-state index >= 15 is 0 Å². The first kappa shape index (κ1) is 20.0. The van der Waals surface area contributed by atoms with Crippen molar-refractivity contribution in [1.82, 2.24) is 14.9 Å². The molecule has 5 nitrogen and oxygen atoms in total. The van der Waals surface area contributed by atoms with E-state index < -0.39 is 0 Å². The first-order valence-electron chi connectivity index (χ1n) is 10.0. The van der Waals surface area contributed by atoms with Crippen LogP contribution in [0.3, 0.4) is 0 Å². The maximum atomic E-state index is 12.9. The summed E-state index contributed by atoms with van der Waals surface area (Å²) < 4.78 is 1.38. The largest absolute Gasteiger partial charge is 0.348 e. The number of nitrogens with zero attached hydrogens (tertiary/aromatic N) is 2. The average Bonchev–Trinajstić information content (AvgIpc) is 3.22. The number of amides is 1. The lowest BCUT2D eigenvalue weighted by Gasteiger charge is -2.19. The molecule has 0 spiro atoms. The fraction of sp³-hybridized carbons (Fsp3) is 0.208. The lowest BCUT2D eigenvalue weighted by Crippen LogP contribution is -2.34. The maximum absolute atomic E-state index is 12.9. The predicted molar refractivity (Wildman–Crippen MR) is 122 cm³/mol. The lowest BCUT2D eigenvalue weighted by molar-refractivity contribution is -0.122. The third-order valence-electron chi connectivity index (χ3n) is 5.00. The molecule has 0 saturated carbocycles. The average molecular weight is 418 g/mol. The van der Waals surface area contributed by atoms with Gasteiger partial charge in [0.1, 0.15) is 11.4 Å². The summed E-state index contributed by atoms with van der Waals surface area (Å²) in [4.78, 5) is 31.7. The van der Waals surface area contributed by atoms with Gasteiger partial charge in [0, 0.05) is 4.88 Å². The number of carbonyl (C=O) groups excluding carboxylic acids is 1. The van der Waals surface area contributed by atoms with Crippen LogP contribution >= 0.6 is 11.3 Å². The SMILES string of the molecule is CCCC(NC(=O)Cn1cnc2sc(-c3ccccc3)cc2c1=O)c1ccccc1. The molecular formula is C24H23N3O2S. The van der Waals surface area contributed by atoms with Gasteiger partial charge in [0.05, 0.1) is 17.8 Å². The zero-order valence-corrected chi connectivity index (χ0v) is 17.6. The highest BCUT2D eigenvalue weighted by Crippen LogP contribution is 2.30. The minimum absolute atomic E-state index is 0.0503. The van der Waals surface area contributed by atoms with E-state index in [1.807, 2.05) is 66.7 Å². The quantitative estimate of drug-likeness (QED) is 0.471. The molecule has 1 unspecified atom stereocenters. The summed E-state index contributed by atoms with van der Waals surface area (Å²) in [7, 11) is 0. The number of rotatable bonds is 7. The van der Waals surface area contributed by atoms with Crippen LogP contribution in [-0.2, 0) is 11.3 Å². The Labute approximate surface area is 179 Å². The van der Waals surface area contributed by atoms with E-state index in [1.54, 1.807) is 0 Å². The van der Waals surface area contributed by atoms with Gasteiger partial charge in [-0.2, -0.15) is 0 Å². The molecule has 1 atom stereocenters. The number of hydrogen-bond acceptors (Lipinski definition) is 4. The molecule has 0 aliphatic carbocycles. The van der Waals surface area contributed by atoms with Crippen molar-refractivity contribution < 1.29 is 4.79 Å². The van der Waals surface area contributed by atoms with Gasteiger partial charge in [-0.1, -0.05) is 74.0 Å². The molecule has 0 saturated heterocycles. The minimum atomic E-state index is -0.195. The highest BCUT2D eigenvalue weighted by atomic mass is 32.1.